The van der Waals surface area contributed by atoms with Gasteiger partial charge in [0.1, 0.15) is 75.8 Å². The Hall–Kier alpha value is -12.6. The van der Waals surface area contributed by atoms with Gasteiger partial charge in [-0.1, -0.05) is 40.5 Å². The Morgan fingerprint density at radius 1 is 0.446 bits per heavy atom. The molecule has 18 rings (SSSR count). The van der Waals surface area contributed by atoms with Crippen LogP contribution in [0.15, 0.2) is 165 Å². The molecule has 3 saturated heterocycles. The van der Waals surface area contributed by atoms with Gasteiger partial charge in [-0.3, -0.25) is 27.6 Å². The number of aliphatic hydroxyl groups is 3. The predicted octanol–water partition coefficient (Wildman–Crippen LogP) is 14.1. The van der Waals surface area contributed by atoms with Crippen molar-refractivity contribution in [3.8, 4) is 33.8 Å². The fraction of sp³-hybridized carbons (Fsp3) is 0.348. The minimum absolute atomic E-state index is 0. The molecule has 2 unspecified atom stereocenters. The summed E-state index contributed by atoms with van der Waals surface area (Å²) in [4.78, 5) is 86.7. The van der Waals surface area contributed by atoms with Crippen LogP contribution in [0.3, 0.4) is 0 Å². The van der Waals surface area contributed by atoms with Crippen molar-refractivity contribution in [2.45, 2.75) is 145 Å². The monoisotopic (exact) mass is 1650 g/mol. The lowest BCUT2D eigenvalue weighted by Gasteiger charge is -2.39. The number of amides is 4. The van der Waals surface area contributed by atoms with Crippen molar-refractivity contribution < 1.29 is 66.6 Å². The minimum Gasteiger partial charge on any atom is -0.443 e. The third kappa shape index (κ3) is 18.0. The lowest BCUT2D eigenvalue weighted by atomic mass is 9.99. The van der Waals surface area contributed by atoms with Crippen LogP contribution in [0.5, 0.6) is 0 Å². The zero-order valence-corrected chi connectivity index (χ0v) is 66.4. The Kier molecular flexibility index (Phi) is 24.4. The molecule has 0 radical (unpaired) electrons. The molecular weight excluding hydrogens is 1550 g/mol. The van der Waals surface area contributed by atoms with E-state index >= 15 is 0 Å². The minimum atomic E-state index is -0.973. The lowest BCUT2D eigenvalue weighted by molar-refractivity contribution is -0.0928. The molecule has 32 heteroatoms. The Bertz CT molecular complexity index is 5630. The summed E-state index contributed by atoms with van der Waals surface area (Å²) in [5.74, 6) is -0.220. The molecule has 3 atom stereocenters. The van der Waals surface area contributed by atoms with Crippen LogP contribution in [0.1, 0.15) is 132 Å². The Balaban J connectivity index is 0.000000155. The Labute approximate surface area is 698 Å². The normalized spacial score (nSPS) is 17.1. The predicted molar refractivity (Wildman–Crippen MR) is 458 cm³/mol. The zero-order valence-electron chi connectivity index (χ0n) is 66.4. The number of pyridine rings is 6. The fourth-order valence-electron chi connectivity index (χ4n) is 15.4. The summed E-state index contributed by atoms with van der Waals surface area (Å²) in [6.45, 7) is 21.8. The molecule has 634 valence electrons. The van der Waals surface area contributed by atoms with Gasteiger partial charge < -0.3 is 75.6 Å². The van der Waals surface area contributed by atoms with Crippen molar-refractivity contribution in [1.29, 1.82) is 0 Å². The van der Waals surface area contributed by atoms with Crippen molar-refractivity contribution in [2.24, 2.45) is 0 Å². The number of nitrogens with one attached hydrogen (secondary N) is 5. The summed E-state index contributed by atoms with van der Waals surface area (Å²) < 4.78 is 69.2. The van der Waals surface area contributed by atoms with E-state index in [-0.39, 0.29) is 70.6 Å². The van der Waals surface area contributed by atoms with Gasteiger partial charge in [0.2, 0.25) is 0 Å². The number of hydrogen-bond donors (Lipinski definition) is 8. The summed E-state index contributed by atoms with van der Waals surface area (Å²) in [5, 5.41) is 46.7. The van der Waals surface area contributed by atoms with E-state index in [1.807, 2.05) is 75.5 Å². The lowest BCUT2D eigenvalue weighted by Crippen LogP contribution is -2.52. The van der Waals surface area contributed by atoms with Crippen molar-refractivity contribution in [1.82, 2.24) is 58.6 Å². The number of anilines is 9. The maximum atomic E-state index is 13.9. The maximum absolute atomic E-state index is 13.9. The molecule has 8 N–H and O–H groups in total. The number of halogens is 3. The summed E-state index contributed by atoms with van der Waals surface area (Å²) in [5.41, 5.74) is 10.7. The number of imidazole rings is 3. The average molecular weight is 1660 g/mol. The first-order valence-corrected chi connectivity index (χ1v) is 38.8. The van der Waals surface area contributed by atoms with Gasteiger partial charge in [-0.2, -0.15) is 0 Å². The van der Waals surface area contributed by atoms with Gasteiger partial charge in [-0.25, -0.2) is 52.8 Å². The first-order valence-electron chi connectivity index (χ1n) is 38.8. The second kappa shape index (κ2) is 34.3. The molecule has 121 heavy (non-hydrogen) atoms. The Morgan fingerprint density at radius 2 is 0.777 bits per heavy atom. The number of ether oxygens (including phenoxy) is 4. The van der Waals surface area contributed by atoms with Crippen LogP contribution in [0.25, 0.3) is 50.7 Å². The van der Waals surface area contributed by atoms with Crippen LogP contribution in [0, 0.1) is 17.5 Å². The summed E-state index contributed by atoms with van der Waals surface area (Å²) in [7, 11) is 0. The first-order chi connectivity index (χ1) is 56.3. The second-order valence-corrected chi connectivity index (χ2v) is 32.4. The van der Waals surface area contributed by atoms with E-state index in [9.17, 15) is 47.7 Å². The van der Waals surface area contributed by atoms with Gasteiger partial charge in [0.05, 0.1) is 148 Å². The number of benzene rings is 3. The van der Waals surface area contributed by atoms with Crippen LogP contribution in [0.4, 0.5) is 69.5 Å². The van der Waals surface area contributed by atoms with Crippen molar-refractivity contribution in [3.05, 3.63) is 216 Å². The molecule has 0 spiro atoms. The van der Waals surface area contributed by atoms with Crippen LogP contribution >= 0.6 is 0 Å². The van der Waals surface area contributed by atoms with Gasteiger partial charge in [0.15, 0.2) is 0 Å². The number of rotatable bonds is 15. The van der Waals surface area contributed by atoms with E-state index in [2.05, 4.69) is 71.2 Å². The van der Waals surface area contributed by atoms with Crippen molar-refractivity contribution >= 4 is 92.3 Å². The van der Waals surface area contributed by atoms with Gasteiger partial charge in [-0.15, -0.1) is 0 Å². The molecule has 3 fully saturated rings. The molecule has 12 aromatic rings. The van der Waals surface area contributed by atoms with E-state index in [4.69, 9.17) is 18.9 Å². The second-order valence-electron chi connectivity index (χ2n) is 32.4. The zero-order chi connectivity index (χ0) is 82.9. The summed E-state index contributed by atoms with van der Waals surface area (Å²) in [6.07, 6.45) is 13.5. The molecule has 6 aliphatic rings. The number of carbonyl (C=O) groups is 4. The van der Waals surface area contributed by atoms with Gasteiger partial charge >= 0.3 is 6.09 Å². The van der Waals surface area contributed by atoms with E-state index in [1.54, 1.807) is 129 Å². The SMILES string of the molecule is C.C.C.CC(C)(C)OC(=O)N1Cc2c(-c3cnc4cc(F)ccn34)ccc(Nc3ccc(N4CCOC(C(C)(C)O)C4)cn3)c2C1=O.CC(C)(O)C1CN(c2ccc(Nc3ccc(-c4cnc5cc(F)ccn45)c4c3C(=O)NC4)nc2)CCO1.CC(C)(O)[C@@H]1CN(c2ccc(Nc3ccc(-c4cnc5cc(F)ccn45)c4c3C(=O)NC4)nc2)CCO1. The smallest absolute Gasteiger partial charge is 0.417 e. The topological polar surface area (TPSA) is 330 Å². The quantitative estimate of drug-likeness (QED) is 0.0473. The average Bonchev–Trinajstić information content (AvgIpc) is 1.63. The van der Waals surface area contributed by atoms with Gasteiger partial charge in [-0.05, 0) is 152 Å². The summed E-state index contributed by atoms with van der Waals surface area (Å²) in [6, 6.07) is 30.8. The highest BCUT2D eigenvalue weighted by Gasteiger charge is 2.41. The molecule has 29 nitrogen and oxygen atoms in total. The number of morpholine rings is 3. The molecule has 15 heterocycles. The van der Waals surface area contributed by atoms with Crippen LogP contribution in [-0.2, 0) is 38.6 Å². The van der Waals surface area contributed by atoms with E-state index in [0.717, 1.165) is 55.6 Å². The van der Waals surface area contributed by atoms with Crippen LogP contribution < -0.4 is 41.3 Å². The number of hydrogen-bond acceptors (Lipinski definition) is 23. The number of fused-ring (bicyclic) bond motifs is 6. The number of imide groups is 1. The summed E-state index contributed by atoms with van der Waals surface area (Å²) >= 11 is 0. The molecule has 9 aromatic heterocycles. The Morgan fingerprint density at radius 3 is 1.09 bits per heavy atom. The van der Waals surface area contributed by atoms with Crippen molar-refractivity contribution in [2.75, 3.05) is 89.7 Å². The highest BCUT2D eigenvalue weighted by molar-refractivity contribution is 6.12. The maximum Gasteiger partial charge on any atom is 0.417 e. The molecule has 3 aromatic carbocycles. The standard InChI is InChI=1S/C32H35FN6O5.2C27H27FN6O3.3CH4/c1-31(2,3)44-30(41)39-17-22-21(24-16-35-27-14-19(33)10-11-38(24)27)7-8-23(28(22)29(39)40)36-26-9-6-20(15-34-26)37-12-13-43-25(18-37)32(4,5)42;2*1-27(2,36)22-15-33(9-10-37-22)17-3-6-23(29-12-17)32-20-5-4-18(19-13-31-26(35)25(19)20)21-14-30-24-11-16(28)7-8-34(21)24;;;/h6-11,14-16,25,42H,12-13,17-18H2,1-5H3,(H,34,36);2*3-8,11-12,14,22,36H,9-10,13,15H2,1-2H3,(H,29,32)(H,31,35);3*1H4/t;22-;;;;/m.0..../s1. The van der Waals surface area contributed by atoms with Crippen LogP contribution in [0.2, 0.25) is 0 Å². The van der Waals surface area contributed by atoms with Gasteiger partial charge in [0, 0.05) is 106 Å². The third-order valence-corrected chi connectivity index (χ3v) is 21.6. The number of aromatic nitrogens is 9. The fourth-order valence-corrected chi connectivity index (χ4v) is 15.4. The van der Waals surface area contributed by atoms with E-state index in [0.29, 0.717) is 157 Å². The largest absolute Gasteiger partial charge is 0.443 e. The van der Waals surface area contributed by atoms with E-state index < -0.39 is 40.2 Å². The molecule has 0 aliphatic carbocycles. The molecule has 0 saturated carbocycles. The van der Waals surface area contributed by atoms with Crippen molar-refractivity contribution in [3.63, 3.8) is 0 Å². The highest BCUT2D eigenvalue weighted by atomic mass is 19.1. The molecular formula is C89H101F3N18O11. The van der Waals surface area contributed by atoms with Crippen LogP contribution in [-0.4, -0.2) is 187 Å². The van der Waals surface area contributed by atoms with E-state index in [1.165, 1.54) is 36.4 Å². The third-order valence-electron chi connectivity index (χ3n) is 21.6. The first kappa shape index (κ1) is 86.3. The number of nitrogens with zero attached hydrogens (tertiary/aromatic N) is 13. The molecule has 0 bridgehead atoms. The van der Waals surface area contributed by atoms with Gasteiger partial charge in [0.25, 0.3) is 17.7 Å². The molecule has 6 aliphatic heterocycles. The number of carbonyl (C=O) groups excluding carboxylic acids is 4. The highest BCUT2D eigenvalue weighted by Crippen LogP contribution is 2.42. The molecule has 4 amide bonds.